The van der Waals surface area contributed by atoms with Crippen molar-refractivity contribution in [1.29, 1.82) is 0 Å². The van der Waals surface area contributed by atoms with E-state index in [1.54, 1.807) is 13.3 Å². The Morgan fingerprint density at radius 2 is 1.69 bits per heavy atom. The Morgan fingerprint density at radius 3 is 2.35 bits per heavy atom. The number of aromatic hydroxyl groups is 1. The van der Waals surface area contributed by atoms with Crippen molar-refractivity contribution in [1.82, 2.24) is 0 Å². The summed E-state index contributed by atoms with van der Waals surface area (Å²) in [6, 6.07) is 13.6. The SMILES string of the molecule is COc1ccc(N=Cc2cccc(C3CCCC(C)CCC3)c2O)cc1. The summed E-state index contributed by atoms with van der Waals surface area (Å²) >= 11 is 0. The third-order valence-electron chi connectivity index (χ3n) is 5.46. The first-order valence-electron chi connectivity index (χ1n) is 9.67. The van der Waals surface area contributed by atoms with E-state index in [9.17, 15) is 5.11 Å². The van der Waals surface area contributed by atoms with Gasteiger partial charge in [-0.2, -0.15) is 0 Å². The highest BCUT2D eigenvalue weighted by Gasteiger charge is 2.19. The van der Waals surface area contributed by atoms with E-state index in [0.29, 0.717) is 11.7 Å². The van der Waals surface area contributed by atoms with Crippen molar-refractivity contribution in [2.45, 2.75) is 51.4 Å². The van der Waals surface area contributed by atoms with E-state index in [-0.39, 0.29) is 0 Å². The Labute approximate surface area is 156 Å². The Kier molecular flexibility index (Phi) is 6.32. The molecule has 2 aromatic rings. The number of benzene rings is 2. The van der Waals surface area contributed by atoms with E-state index >= 15 is 0 Å². The van der Waals surface area contributed by atoms with E-state index in [4.69, 9.17) is 4.74 Å². The van der Waals surface area contributed by atoms with Gasteiger partial charge in [0.25, 0.3) is 0 Å². The van der Waals surface area contributed by atoms with Gasteiger partial charge in [-0.1, -0.05) is 44.7 Å². The molecule has 0 unspecified atom stereocenters. The van der Waals surface area contributed by atoms with Crippen molar-refractivity contribution in [2.75, 3.05) is 7.11 Å². The molecular formula is C23H29NO2. The molecule has 0 spiro atoms. The summed E-state index contributed by atoms with van der Waals surface area (Å²) < 4.78 is 5.17. The van der Waals surface area contributed by atoms with Gasteiger partial charge in [0.15, 0.2) is 0 Å². The Balaban J connectivity index is 1.76. The Bertz CT molecular complexity index is 726. The molecule has 1 saturated carbocycles. The van der Waals surface area contributed by atoms with Crippen molar-refractivity contribution >= 4 is 11.9 Å². The zero-order chi connectivity index (χ0) is 18.4. The monoisotopic (exact) mass is 351 g/mol. The first kappa shape index (κ1) is 18.5. The predicted octanol–water partition coefficient (Wildman–Crippen LogP) is 6.23. The molecule has 2 aromatic carbocycles. The maximum absolute atomic E-state index is 10.8. The van der Waals surface area contributed by atoms with E-state index in [1.165, 1.54) is 25.7 Å². The summed E-state index contributed by atoms with van der Waals surface area (Å²) in [4.78, 5) is 4.50. The number of hydrogen-bond donors (Lipinski definition) is 1. The van der Waals surface area contributed by atoms with E-state index in [0.717, 1.165) is 41.3 Å². The van der Waals surface area contributed by atoms with E-state index in [2.05, 4.69) is 18.0 Å². The van der Waals surface area contributed by atoms with Crippen LogP contribution >= 0.6 is 0 Å². The van der Waals surface area contributed by atoms with Crippen molar-refractivity contribution in [2.24, 2.45) is 10.9 Å². The molecule has 0 heterocycles. The van der Waals surface area contributed by atoms with Crippen LogP contribution in [-0.2, 0) is 0 Å². The molecule has 138 valence electrons. The summed E-state index contributed by atoms with van der Waals surface area (Å²) in [6.07, 6.45) is 9.18. The molecule has 0 bridgehead atoms. The van der Waals surface area contributed by atoms with Gasteiger partial charge in [-0.3, -0.25) is 4.99 Å². The number of nitrogens with zero attached hydrogens (tertiary/aromatic N) is 1. The molecule has 0 aliphatic heterocycles. The van der Waals surface area contributed by atoms with Gasteiger partial charge in [0.2, 0.25) is 0 Å². The summed E-state index contributed by atoms with van der Waals surface area (Å²) in [6.45, 7) is 2.36. The second kappa shape index (κ2) is 8.88. The van der Waals surface area contributed by atoms with Gasteiger partial charge in [0.1, 0.15) is 11.5 Å². The third-order valence-corrected chi connectivity index (χ3v) is 5.46. The maximum Gasteiger partial charge on any atom is 0.127 e. The molecule has 0 radical (unpaired) electrons. The molecule has 26 heavy (non-hydrogen) atoms. The number of ether oxygens (including phenoxy) is 1. The zero-order valence-corrected chi connectivity index (χ0v) is 15.8. The first-order chi connectivity index (χ1) is 12.7. The Morgan fingerprint density at radius 1 is 1.00 bits per heavy atom. The van der Waals surface area contributed by atoms with Gasteiger partial charge >= 0.3 is 0 Å². The first-order valence-corrected chi connectivity index (χ1v) is 9.67. The third kappa shape index (κ3) is 4.66. The Hall–Kier alpha value is -2.29. The van der Waals surface area contributed by atoms with Crippen LogP contribution in [0.25, 0.3) is 0 Å². The van der Waals surface area contributed by atoms with Crippen LogP contribution in [0.2, 0.25) is 0 Å². The topological polar surface area (TPSA) is 41.8 Å². The predicted molar refractivity (Wildman–Crippen MR) is 108 cm³/mol. The molecule has 3 nitrogen and oxygen atoms in total. The summed E-state index contributed by atoms with van der Waals surface area (Å²) in [5, 5.41) is 10.8. The van der Waals surface area contributed by atoms with Crippen LogP contribution in [0.5, 0.6) is 11.5 Å². The number of phenolic OH excluding ortho intramolecular Hbond substituents is 1. The van der Waals surface area contributed by atoms with Crippen molar-refractivity contribution in [3.8, 4) is 11.5 Å². The van der Waals surface area contributed by atoms with Gasteiger partial charge in [0.05, 0.1) is 12.8 Å². The lowest BCUT2D eigenvalue weighted by Gasteiger charge is -2.24. The molecule has 1 N–H and O–H groups in total. The number of para-hydroxylation sites is 1. The number of methoxy groups -OCH3 is 1. The molecule has 1 aliphatic carbocycles. The minimum atomic E-state index is 0.392. The lowest BCUT2D eigenvalue weighted by molar-refractivity contribution is 0.370. The second-order valence-electron chi connectivity index (χ2n) is 7.41. The summed E-state index contributed by atoms with van der Waals surface area (Å²) in [5.74, 6) is 2.50. The molecule has 1 aliphatic rings. The van der Waals surface area contributed by atoms with Gasteiger partial charge in [-0.25, -0.2) is 0 Å². The number of rotatable bonds is 4. The molecule has 0 atom stereocenters. The lowest BCUT2D eigenvalue weighted by Crippen LogP contribution is -2.07. The van der Waals surface area contributed by atoms with Crippen LogP contribution in [0.3, 0.4) is 0 Å². The molecule has 3 rings (SSSR count). The molecule has 0 amide bonds. The fraction of sp³-hybridized carbons (Fsp3) is 0.435. The molecular weight excluding hydrogens is 322 g/mol. The van der Waals surface area contributed by atoms with Crippen molar-refractivity contribution in [3.05, 3.63) is 53.6 Å². The number of phenols is 1. The van der Waals surface area contributed by atoms with Crippen molar-refractivity contribution in [3.63, 3.8) is 0 Å². The maximum atomic E-state index is 10.8. The van der Waals surface area contributed by atoms with Crippen LogP contribution in [0, 0.1) is 5.92 Å². The quantitative estimate of drug-likeness (QED) is 0.664. The van der Waals surface area contributed by atoms with Gasteiger partial charge in [-0.05, 0) is 60.6 Å². The molecule has 3 heteroatoms. The fourth-order valence-electron chi connectivity index (χ4n) is 3.85. The highest BCUT2D eigenvalue weighted by atomic mass is 16.5. The number of hydrogen-bond acceptors (Lipinski definition) is 3. The average molecular weight is 351 g/mol. The highest BCUT2D eigenvalue weighted by molar-refractivity contribution is 5.86. The minimum Gasteiger partial charge on any atom is -0.507 e. The van der Waals surface area contributed by atoms with Crippen LogP contribution in [0.1, 0.15) is 62.5 Å². The van der Waals surface area contributed by atoms with Crippen LogP contribution in [0.15, 0.2) is 47.5 Å². The van der Waals surface area contributed by atoms with Gasteiger partial charge in [-0.15, -0.1) is 0 Å². The van der Waals surface area contributed by atoms with Crippen LogP contribution < -0.4 is 4.74 Å². The fourth-order valence-corrected chi connectivity index (χ4v) is 3.85. The zero-order valence-electron chi connectivity index (χ0n) is 15.8. The lowest BCUT2D eigenvalue weighted by atomic mass is 9.82. The smallest absolute Gasteiger partial charge is 0.127 e. The second-order valence-corrected chi connectivity index (χ2v) is 7.41. The standard InChI is InChI=1S/C23H29NO2/c1-17-6-3-8-18(9-4-7-17)22-11-5-10-19(23(22)25)16-24-20-12-14-21(26-2)15-13-20/h5,10-18,25H,3-4,6-9H2,1-2H3. The molecule has 0 saturated heterocycles. The molecule has 0 aromatic heterocycles. The van der Waals surface area contributed by atoms with E-state index in [1.807, 2.05) is 36.4 Å². The van der Waals surface area contributed by atoms with Crippen molar-refractivity contribution < 1.29 is 9.84 Å². The number of aliphatic imine (C=N–C) groups is 1. The van der Waals surface area contributed by atoms with Gasteiger partial charge in [0, 0.05) is 11.8 Å². The van der Waals surface area contributed by atoms with Crippen LogP contribution in [-0.4, -0.2) is 18.4 Å². The highest BCUT2D eigenvalue weighted by Crippen LogP contribution is 2.37. The summed E-state index contributed by atoms with van der Waals surface area (Å²) in [5.41, 5.74) is 2.71. The largest absolute Gasteiger partial charge is 0.507 e. The normalized spacial score (nSPS) is 21.3. The van der Waals surface area contributed by atoms with Crippen LogP contribution in [0.4, 0.5) is 5.69 Å². The average Bonchev–Trinajstić information content (AvgIpc) is 2.64. The van der Waals surface area contributed by atoms with Gasteiger partial charge < -0.3 is 9.84 Å². The van der Waals surface area contributed by atoms with E-state index < -0.39 is 0 Å². The minimum absolute atomic E-state index is 0.392. The summed E-state index contributed by atoms with van der Waals surface area (Å²) in [7, 11) is 1.65. The molecule has 1 fully saturated rings.